The molecule has 2 heterocycles. The van der Waals surface area contributed by atoms with Crippen LogP contribution in [0.2, 0.25) is 0 Å². The highest BCUT2D eigenvalue weighted by molar-refractivity contribution is 9.11. The molecule has 0 aliphatic carbocycles. The molecule has 0 spiro atoms. The van der Waals surface area contributed by atoms with Crippen molar-refractivity contribution in [3.8, 4) is 0 Å². The quantitative estimate of drug-likeness (QED) is 0.539. The van der Waals surface area contributed by atoms with E-state index in [2.05, 4.69) is 44.5 Å². The van der Waals surface area contributed by atoms with Gasteiger partial charge in [-0.25, -0.2) is 0 Å². The van der Waals surface area contributed by atoms with Gasteiger partial charge in [-0.2, -0.15) is 0 Å². The van der Waals surface area contributed by atoms with Crippen LogP contribution in [-0.2, 0) is 9.47 Å². The largest absolute Gasteiger partial charge is 0.390 e. The van der Waals surface area contributed by atoms with Gasteiger partial charge in [0.25, 0.3) is 0 Å². The molecule has 120 valence electrons. The highest BCUT2D eigenvalue weighted by Crippen LogP contribution is 2.34. The minimum Gasteiger partial charge on any atom is -0.390 e. The lowest BCUT2D eigenvalue weighted by molar-refractivity contribution is -0.122. The van der Waals surface area contributed by atoms with E-state index in [4.69, 9.17) is 9.47 Å². The maximum Gasteiger partial charge on any atom is 0.0871 e. The molecule has 0 aromatic rings. The molecule has 2 rings (SSSR count). The predicted octanol–water partition coefficient (Wildman–Crippen LogP) is 2.65. The van der Waals surface area contributed by atoms with Gasteiger partial charge in [0.15, 0.2) is 0 Å². The van der Waals surface area contributed by atoms with E-state index in [0.717, 1.165) is 12.8 Å². The molecule has 0 radical (unpaired) electrons. The summed E-state index contributed by atoms with van der Waals surface area (Å²) < 4.78 is 12.1. The number of rotatable bonds is 3. The summed E-state index contributed by atoms with van der Waals surface area (Å²) in [6.45, 7) is 2.07. The summed E-state index contributed by atoms with van der Waals surface area (Å²) in [5, 5.41) is 20.2. The van der Waals surface area contributed by atoms with Crippen molar-refractivity contribution >= 4 is 31.9 Å². The summed E-state index contributed by atoms with van der Waals surface area (Å²) in [5.41, 5.74) is 2.96. The Hall–Kier alpha value is 0.320. The summed E-state index contributed by atoms with van der Waals surface area (Å²) in [7, 11) is 0. The van der Waals surface area contributed by atoms with Gasteiger partial charge in [-0.15, -0.1) is 5.73 Å². The monoisotopic (exact) mass is 424 g/mol. The number of aliphatic hydroxyl groups is 2. The van der Waals surface area contributed by atoms with Crippen LogP contribution in [0.15, 0.2) is 16.8 Å². The van der Waals surface area contributed by atoms with Crippen LogP contribution in [0.4, 0.5) is 0 Å². The van der Waals surface area contributed by atoms with Crippen molar-refractivity contribution in [3.63, 3.8) is 0 Å². The highest BCUT2D eigenvalue weighted by Gasteiger charge is 2.42. The molecular weight excluding hydrogens is 404 g/mol. The zero-order valence-corrected chi connectivity index (χ0v) is 15.2. The van der Waals surface area contributed by atoms with E-state index < -0.39 is 12.2 Å². The smallest absolute Gasteiger partial charge is 0.0871 e. The van der Waals surface area contributed by atoms with E-state index in [-0.39, 0.29) is 29.2 Å². The third-order valence-corrected chi connectivity index (χ3v) is 5.61. The van der Waals surface area contributed by atoms with Gasteiger partial charge in [0.2, 0.25) is 0 Å². The van der Waals surface area contributed by atoms with Crippen LogP contribution in [0.1, 0.15) is 32.6 Å². The third kappa shape index (κ3) is 4.64. The van der Waals surface area contributed by atoms with Crippen molar-refractivity contribution in [2.45, 2.75) is 74.1 Å². The van der Waals surface area contributed by atoms with Crippen molar-refractivity contribution < 1.29 is 19.7 Å². The van der Waals surface area contributed by atoms with Gasteiger partial charge in [0.1, 0.15) is 0 Å². The molecule has 2 fully saturated rings. The van der Waals surface area contributed by atoms with E-state index >= 15 is 0 Å². The first-order valence-electron chi connectivity index (χ1n) is 7.37. The van der Waals surface area contributed by atoms with Gasteiger partial charge in [-0.05, 0) is 12.5 Å². The summed E-state index contributed by atoms with van der Waals surface area (Å²) in [6.07, 6.45) is 2.38. The Kier molecular flexibility index (Phi) is 6.94. The Morgan fingerprint density at radius 3 is 2.52 bits per heavy atom. The molecule has 0 saturated carbocycles. The van der Waals surface area contributed by atoms with Gasteiger partial charge in [0, 0.05) is 29.1 Å². The number of ether oxygens (including phenoxy) is 2. The number of alkyl halides is 1. The van der Waals surface area contributed by atoms with Crippen molar-refractivity contribution in [1.82, 2.24) is 0 Å². The average molecular weight is 426 g/mol. The fourth-order valence-electron chi connectivity index (χ4n) is 2.92. The molecule has 21 heavy (non-hydrogen) atoms. The van der Waals surface area contributed by atoms with Crippen molar-refractivity contribution in [2.24, 2.45) is 0 Å². The van der Waals surface area contributed by atoms with Gasteiger partial charge in [-0.3, -0.25) is 0 Å². The fourth-order valence-corrected chi connectivity index (χ4v) is 3.41. The van der Waals surface area contributed by atoms with Crippen LogP contribution in [0.25, 0.3) is 0 Å². The minimum atomic E-state index is -0.775. The van der Waals surface area contributed by atoms with Gasteiger partial charge in [0.05, 0.1) is 36.6 Å². The number of aliphatic hydroxyl groups excluding tert-OH is 2. The summed E-state index contributed by atoms with van der Waals surface area (Å²) >= 11 is 6.79. The molecule has 2 N–H and O–H groups in total. The fraction of sp³-hybridized carbons (Fsp3) is 0.800. The summed E-state index contributed by atoms with van der Waals surface area (Å²) in [5.74, 6) is 0. The third-order valence-electron chi connectivity index (χ3n) is 4.11. The molecular formula is C15H22Br2O4. The van der Waals surface area contributed by atoms with Crippen LogP contribution < -0.4 is 0 Å². The lowest BCUT2D eigenvalue weighted by Crippen LogP contribution is -2.44. The van der Waals surface area contributed by atoms with E-state index in [1.54, 1.807) is 4.99 Å². The molecule has 2 saturated heterocycles. The number of hydrogen-bond acceptors (Lipinski definition) is 4. The Morgan fingerprint density at radius 2 is 1.86 bits per heavy atom. The van der Waals surface area contributed by atoms with Crippen LogP contribution >= 0.6 is 31.9 Å². The Balaban J connectivity index is 2.11. The Bertz CT molecular complexity index is 397. The molecule has 4 nitrogen and oxygen atoms in total. The molecule has 2 aliphatic heterocycles. The molecule has 0 unspecified atom stereocenters. The Morgan fingerprint density at radius 1 is 1.19 bits per heavy atom. The van der Waals surface area contributed by atoms with E-state index in [1.807, 2.05) is 6.08 Å². The molecule has 0 amide bonds. The van der Waals surface area contributed by atoms with E-state index in [0.29, 0.717) is 12.8 Å². The minimum absolute atomic E-state index is 0.0536. The highest BCUT2D eigenvalue weighted by atomic mass is 79.9. The lowest BCUT2D eigenvalue weighted by Gasteiger charge is -2.34. The zero-order chi connectivity index (χ0) is 15.4. The van der Waals surface area contributed by atoms with Crippen molar-refractivity contribution in [2.75, 3.05) is 0 Å². The lowest BCUT2D eigenvalue weighted by atomic mass is 9.94. The van der Waals surface area contributed by atoms with Crippen LogP contribution in [-0.4, -0.2) is 51.7 Å². The zero-order valence-electron chi connectivity index (χ0n) is 12.0. The molecule has 7 atom stereocenters. The van der Waals surface area contributed by atoms with Crippen LogP contribution in [0, 0.1) is 0 Å². The average Bonchev–Trinajstić information content (AvgIpc) is 2.83. The first kappa shape index (κ1) is 17.7. The van der Waals surface area contributed by atoms with Gasteiger partial charge in [-0.1, -0.05) is 38.8 Å². The van der Waals surface area contributed by atoms with Crippen LogP contribution in [0.5, 0.6) is 0 Å². The molecule has 6 heteroatoms. The SMILES string of the molecule is CC[C@@H](Br)[C@H]1C[C@@H](O)[C@H](O)C[C@H]2O[C@H](C=C=CBr)C[C@H]2O1. The van der Waals surface area contributed by atoms with Crippen LogP contribution in [0.3, 0.4) is 0 Å². The summed E-state index contributed by atoms with van der Waals surface area (Å²) in [4.78, 5) is 1.82. The van der Waals surface area contributed by atoms with E-state index in [1.165, 1.54) is 0 Å². The normalized spacial score (nSPS) is 41.4. The topological polar surface area (TPSA) is 58.9 Å². The molecule has 0 aromatic carbocycles. The maximum absolute atomic E-state index is 10.1. The number of halogens is 2. The molecule has 2 aliphatic rings. The summed E-state index contributed by atoms with van der Waals surface area (Å²) in [6, 6.07) is 0. The van der Waals surface area contributed by atoms with Crippen molar-refractivity contribution in [1.29, 1.82) is 0 Å². The number of hydrogen-bond donors (Lipinski definition) is 2. The molecule has 0 bridgehead atoms. The second-order valence-corrected chi connectivity index (χ2v) is 7.27. The first-order valence-corrected chi connectivity index (χ1v) is 9.20. The Labute approximate surface area is 142 Å². The van der Waals surface area contributed by atoms with E-state index in [9.17, 15) is 10.2 Å². The molecule has 0 aromatic heterocycles. The standard InChI is InChI=1S/C15H22Br2O4/c1-2-10(17)13-7-11(18)12(19)8-15-14(21-13)6-9(20-15)4-3-5-16/h4-5,9-15,18-19H,2,6-8H2,1H3/t3?,9-,10-,11-,12-,13-,14-,15-/m1/s1. The second-order valence-electron chi connectivity index (χ2n) is 5.63. The first-order chi connectivity index (χ1) is 10.0. The maximum atomic E-state index is 10.1. The van der Waals surface area contributed by atoms with Gasteiger partial charge >= 0.3 is 0 Å². The van der Waals surface area contributed by atoms with Crippen molar-refractivity contribution in [3.05, 3.63) is 16.8 Å². The van der Waals surface area contributed by atoms with Gasteiger partial charge < -0.3 is 19.7 Å². The second kappa shape index (κ2) is 8.25. The number of fused-ring (bicyclic) bond motifs is 1. The predicted molar refractivity (Wildman–Crippen MR) is 87.8 cm³/mol.